The molecule has 0 fully saturated rings. The summed E-state index contributed by atoms with van der Waals surface area (Å²) in [5.74, 6) is 0.614. The fourth-order valence-corrected chi connectivity index (χ4v) is 3.99. The maximum absolute atomic E-state index is 12.9. The Bertz CT molecular complexity index is 992. The molecule has 0 bridgehead atoms. The third kappa shape index (κ3) is 5.50. The first-order chi connectivity index (χ1) is 13.6. The maximum atomic E-state index is 12.9. The van der Waals surface area contributed by atoms with Crippen molar-refractivity contribution in [3.05, 3.63) is 76.1 Å². The summed E-state index contributed by atoms with van der Waals surface area (Å²) in [6.07, 6.45) is -4.36. The summed E-state index contributed by atoms with van der Waals surface area (Å²) in [4.78, 5) is 9.98. The third-order valence-corrected chi connectivity index (χ3v) is 5.46. The van der Waals surface area contributed by atoms with E-state index >= 15 is 0 Å². The molecule has 3 aromatic rings. The maximum Gasteiger partial charge on any atom is 0.416 e. The van der Waals surface area contributed by atoms with E-state index in [1.54, 1.807) is 6.07 Å². The highest BCUT2D eigenvalue weighted by atomic mass is 32.2. The SMILES string of the molecule is Cc1cc(C)nc(Sc2c(C)cc(OCc3cccc(C(F)(F)F)c3)cc2C)n1. The summed E-state index contributed by atoms with van der Waals surface area (Å²) in [5, 5.41) is 0.686. The van der Waals surface area contributed by atoms with E-state index in [0.717, 1.165) is 39.5 Å². The van der Waals surface area contributed by atoms with E-state index in [4.69, 9.17) is 4.74 Å². The number of halogens is 3. The number of rotatable bonds is 5. The molecule has 0 aliphatic heterocycles. The van der Waals surface area contributed by atoms with Gasteiger partial charge in [0.25, 0.3) is 0 Å². The molecular formula is C22H21F3N2OS. The predicted octanol–water partition coefficient (Wildman–Crippen LogP) is 6.46. The molecule has 0 saturated carbocycles. The van der Waals surface area contributed by atoms with Crippen molar-refractivity contribution in [3.63, 3.8) is 0 Å². The molecule has 0 N–H and O–H groups in total. The van der Waals surface area contributed by atoms with E-state index in [0.29, 0.717) is 16.5 Å². The minimum absolute atomic E-state index is 0.0650. The summed E-state index contributed by atoms with van der Waals surface area (Å²) in [7, 11) is 0. The van der Waals surface area contributed by atoms with Crippen molar-refractivity contribution in [3.8, 4) is 5.75 Å². The molecule has 2 aromatic carbocycles. The van der Waals surface area contributed by atoms with Gasteiger partial charge in [-0.05, 0) is 86.5 Å². The normalized spacial score (nSPS) is 11.6. The molecule has 0 aliphatic rings. The highest BCUT2D eigenvalue weighted by Gasteiger charge is 2.30. The lowest BCUT2D eigenvalue weighted by Gasteiger charge is -2.14. The molecule has 7 heteroatoms. The monoisotopic (exact) mass is 418 g/mol. The van der Waals surface area contributed by atoms with Crippen LogP contribution in [-0.4, -0.2) is 9.97 Å². The van der Waals surface area contributed by atoms with Gasteiger partial charge in [-0.25, -0.2) is 9.97 Å². The summed E-state index contributed by atoms with van der Waals surface area (Å²) in [5.41, 5.74) is 3.62. The molecule has 0 amide bonds. The first-order valence-electron chi connectivity index (χ1n) is 9.02. The van der Waals surface area contributed by atoms with Crippen LogP contribution in [-0.2, 0) is 12.8 Å². The van der Waals surface area contributed by atoms with Crippen LogP contribution in [0.5, 0.6) is 5.75 Å². The largest absolute Gasteiger partial charge is 0.489 e. The zero-order valence-corrected chi connectivity index (χ0v) is 17.4. The van der Waals surface area contributed by atoms with Gasteiger partial charge >= 0.3 is 6.18 Å². The summed E-state index contributed by atoms with van der Waals surface area (Å²) < 4.78 is 44.3. The van der Waals surface area contributed by atoms with Gasteiger partial charge in [0.1, 0.15) is 12.4 Å². The molecule has 3 rings (SSSR count). The van der Waals surface area contributed by atoms with Gasteiger partial charge in [0.15, 0.2) is 5.16 Å². The van der Waals surface area contributed by atoms with Gasteiger partial charge in [-0.2, -0.15) is 13.2 Å². The molecule has 0 spiro atoms. The fraction of sp³-hybridized carbons (Fsp3) is 0.273. The number of ether oxygens (including phenoxy) is 1. The molecule has 3 nitrogen and oxygen atoms in total. The Morgan fingerprint density at radius 3 is 2.10 bits per heavy atom. The number of alkyl halides is 3. The second-order valence-corrected chi connectivity index (χ2v) is 7.89. The van der Waals surface area contributed by atoms with Crippen molar-refractivity contribution in [1.82, 2.24) is 9.97 Å². The highest BCUT2D eigenvalue weighted by molar-refractivity contribution is 7.99. The van der Waals surface area contributed by atoms with Gasteiger partial charge in [-0.1, -0.05) is 12.1 Å². The Balaban J connectivity index is 1.76. The molecule has 0 saturated heterocycles. The first-order valence-corrected chi connectivity index (χ1v) is 9.84. The van der Waals surface area contributed by atoms with Crippen molar-refractivity contribution in [1.29, 1.82) is 0 Å². The van der Waals surface area contributed by atoms with Crippen LogP contribution in [0.25, 0.3) is 0 Å². The fourth-order valence-electron chi connectivity index (χ4n) is 2.99. The van der Waals surface area contributed by atoms with Crippen molar-refractivity contribution >= 4 is 11.8 Å². The molecule has 1 heterocycles. The smallest absolute Gasteiger partial charge is 0.416 e. The molecular weight excluding hydrogens is 397 g/mol. The number of aromatic nitrogens is 2. The van der Waals surface area contributed by atoms with Crippen molar-refractivity contribution in [2.24, 2.45) is 0 Å². The minimum Gasteiger partial charge on any atom is -0.489 e. The molecule has 0 unspecified atom stereocenters. The van der Waals surface area contributed by atoms with Crippen LogP contribution in [0.1, 0.15) is 33.6 Å². The topological polar surface area (TPSA) is 35.0 Å². The molecule has 29 heavy (non-hydrogen) atoms. The highest BCUT2D eigenvalue weighted by Crippen LogP contribution is 2.34. The first kappa shape index (κ1) is 21.2. The van der Waals surface area contributed by atoms with E-state index in [-0.39, 0.29) is 6.61 Å². The summed E-state index contributed by atoms with van der Waals surface area (Å²) >= 11 is 1.49. The molecule has 152 valence electrons. The Morgan fingerprint density at radius 2 is 1.52 bits per heavy atom. The van der Waals surface area contributed by atoms with Gasteiger partial charge in [0, 0.05) is 16.3 Å². The summed E-state index contributed by atoms with van der Waals surface area (Å²) in [6.45, 7) is 7.87. The van der Waals surface area contributed by atoms with Gasteiger partial charge in [-0.3, -0.25) is 0 Å². The van der Waals surface area contributed by atoms with E-state index in [1.807, 2.05) is 45.9 Å². The third-order valence-electron chi connectivity index (χ3n) is 4.25. The number of nitrogens with zero attached hydrogens (tertiary/aromatic N) is 2. The van der Waals surface area contributed by atoms with Crippen LogP contribution < -0.4 is 4.74 Å². The predicted molar refractivity (Wildman–Crippen MR) is 107 cm³/mol. The Labute approximate surface area is 172 Å². The molecule has 0 aliphatic carbocycles. The average Bonchev–Trinajstić information content (AvgIpc) is 2.62. The standard InChI is InChI=1S/C22H21F3N2OS/c1-13-8-19(28-12-17-6-5-7-18(11-17)22(23,24)25)9-14(2)20(13)29-21-26-15(3)10-16(4)27-21/h5-11H,12H2,1-4H3. The summed E-state index contributed by atoms with van der Waals surface area (Å²) in [6, 6.07) is 10.9. The van der Waals surface area contributed by atoms with Gasteiger partial charge in [0.05, 0.1) is 5.56 Å². The number of benzene rings is 2. The van der Waals surface area contributed by atoms with E-state index < -0.39 is 11.7 Å². The van der Waals surface area contributed by atoms with Crippen LogP contribution in [0.15, 0.2) is 52.5 Å². The Kier molecular flexibility index (Phi) is 6.17. The lowest BCUT2D eigenvalue weighted by molar-refractivity contribution is -0.137. The van der Waals surface area contributed by atoms with E-state index in [9.17, 15) is 13.2 Å². The zero-order valence-electron chi connectivity index (χ0n) is 16.6. The van der Waals surface area contributed by atoms with Crippen molar-refractivity contribution in [2.45, 2.75) is 50.5 Å². The number of hydrogen-bond acceptors (Lipinski definition) is 4. The van der Waals surface area contributed by atoms with Crippen molar-refractivity contribution < 1.29 is 17.9 Å². The van der Waals surface area contributed by atoms with Gasteiger partial charge in [0.2, 0.25) is 0 Å². The van der Waals surface area contributed by atoms with Crippen LogP contribution in [0, 0.1) is 27.7 Å². The van der Waals surface area contributed by atoms with E-state index in [2.05, 4.69) is 9.97 Å². The lowest BCUT2D eigenvalue weighted by Crippen LogP contribution is -2.06. The van der Waals surface area contributed by atoms with Gasteiger partial charge in [-0.15, -0.1) is 0 Å². The lowest BCUT2D eigenvalue weighted by atomic mass is 10.1. The quantitative estimate of drug-likeness (QED) is 0.446. The second-order valence-electron chi connectivity index (χ2n) is 6.91. The molecule has 0 atom stereocenters. The van der Waals surface area contributed by atoms with Crippen LogP contribution in [0.4, 0.5) is 13.2 Å². The number of aryl methyl sites for hydroxylation is 4. The van der Waals surface area contributed by atoms with Crippen LogP contribution in [0.3, 0.4) is 0 Å². The Morgan fingerprint density at radius 1 is 0.897 bits per heavy atom. The number of hydrogen-bond donors (Lipinski definition) is 0. The average molecular weight is 418 g/mol. The van der Waals surface area contributed by atoms with Crippen LogP contribution in [0.2, 0.25) is 0 Å². The molecule has 0 radical (unpaired) electrons. The van der Waals surface area contributed by atoms with Crippen LogP contribution >= 0.6 is 11.8 Å². The van der Waals surface area contributed by atoms with Crippen molar-refractivity contribution in [2.75, 3.05) is 0 Å². The van der Waals surface area contributed by atoms with E-state index in [1.165, 1.54) is 17.8 Å². The zero-order chi connectivity index (χ0) is 21.2. The second kappa shape index (κ2) is 8.45. The molecule has 1 aromatic heterocycles. The Hall–Kier alpha value is -2.54. The van der Waals surface area contributed by atoms with Gasteiger partial charge < -0.3 is 4.74 Å². The minimum atomic E-state index is -4.36.